The molecular formula is C16H24ClNO. The van der Waals surface area contributed by atoms with Crippen LogP contribution in [0, 0.1) is 0 Å². The van der Waals surface area contributed by atoms with Crippen LogP contribution >= 0.6 is 11.6 Å². The van der Waals surface area contributed by atoms with Gasteiger partial charge >= 0.3 is 0 Å². The molecule has 0 aromatic heterocycles. The number of hydrogen-bond acceptors (Lipinski definition) is 2. The largest absolute Gasteiger partial charge is 0.393 e. The Morgan fingerprint density at radius 2 is 1.84 bits per heavy atom. The van der Waals surface area contributed by atoms with Gasteiger partial charge in [0, 0.05) is 17.1 Å². The molecule has 1 aliphatic carbocycles. The van der Waals surface area contributed by atoms with E-state index >= 15 is 0 Å². The predicted octanol–water partition coefficient (Wildman–Crippen LogP) is 4.07. The Balaban J connectivity index is 1.97. The van der Waals surface area contributed by atoms with Crippen molar-refractivity contribution in [2.24, 2.45) is 0 Å². The molecule has 106 valence electrons. The zero-order chi connectivity index (χ0) is 13.7. The van der Waals surface area contributed by atoms with Gasteiger partial charge in [-0.25, -0.2) is 0 Å². The highest BCUT2D eigenvalue weighted by Gasteiger charge is 2.22. The molecule has 0 radical (unpaired) electrons. The lowest BCUT2D eigenvalue weighted by atomic mass is 9.91. The summed E-state index contributed by atoms with van der Waals surface area (Å²) in [7, 11) is 0. The van der Waals surface area contributed by atoms with Gasteiger partial charge in [-0.05, 0) is 49.8 Å². The van der Waals surface area contributed by atoms with Crippen molar-refractivity contribution in [3.8, 4) is 0 Å². The normalized spacial score (nSPS) is 25.2. The lowest BCUT2D eigenvalue weighted by molar-refractivity contribution is 0.113. The molecule has 1 atom stereocenters. The van der Waals surface area contributed by atoms with Gasteiger partial charge in [-0.3, -0.25) is 0 Å². The average Bonchev–Trinajstić information content (AvgIpc) is 2.42. The second-order valence-corrected chi connectivity index (χ2v) is 6.00. The molecule has 3 heteroatoms. The number of rotatable bonds is 5. The minimum Gasteiger partial charge on any atom is -0.393 e. The molecule has 1 aromatic carbocycles. The number of benzene rings is 1. The fraction of sp³-hybridized carbons (Fsp3) is 0.625. The summed E-state index contributed by atoms with van der Waals surface area (Å²) in [6.07, 6.45) is 6.23. The Bertz CT molecular complexity index is 371. The van der Waals surface area contributed by atoms with Crippen molar-refractivity contribution in [1.29, 1.82) is 0 Å². The van der Waals surface area contributed by atoms with E-state index in [1.165, 1.54) is 5.56 Å². The van der Waals surface area contributed by atoms with Crippen molar-refractivity contribution in [3.05, 3.63) is 34.9 Å². The maximum Gasteiger partial charge on any atom is 0.0541 e. The first kappa shape index (κ1) is 14.8. The third-order valence-corrected chi connectivity index (χ3v) is 4.24. The van der Waals surface area contributed by atoms with E-state index in [1.807, 2.05) is 12.1 Å². The van der Waals surface area contributed by atoms with Crippen molar-refractivity contribution in [2.75, 3.05) is 0 Å². The first-order valence-corrected chi connectivity index (χ1v) is 7.76. The molecule has 0 aliphatic heterocycles. The highest BCUT2D eigenvalue weighted by Crippen LogP contribution is 2.25. The van der Waals surface area contributed by atoms with Crippen LogP contribution in [0.25, 0.3) is 0 Å². The fourth-order valence-corrected chi connectivity index (χ4v) is 2.98. The molecule has 2 N–H and O–H groups in total. The fourth-order valence-electron chi connectivity index (χ4n) is 2.86. The molecule has 2 nitrogen and oxygen atoms in total. The average molecular weight is 282 g/mol. The van der Waals surface area contributed by atoms with Gasteiger partial charge in [0.25, 0.3) is 0 Å². The summed E-state index contributed by atoms with van der Waals surface area (Å²) in [5, 5.41) is 14.1. The molecule has 0 saturated heterocycles. The molecule has 1 aliphatic rings. The van der Waals surface area contributed by atoms with Crippen LogP contribution < -0.4 is 5.32 Å². The van der Waals surface area contributed by atoms with Gasteiger partial charge in [0.2, 0.25) is 0 Å². The molecule has 1 unspecified atom stereocenters. The second kappa shape index (κ2) is 7.28. The van der Waals surface area contributed by atoms with E-state index in [-0.39, 0.29) is 6.10 Å². The number of nitrogens with one attached hydrogen (secondary N) is 1. The maximum atomic E-state index is 9.57. The smallest absolute Gasteiger partial charge is 0.0541 e. The van der Waals surface area contributed by atoms with Gasteiger partial charge < -0.3 is 10.4 Å². The van der Waals surface area contributed by atoms with Gasteiger partial charge in [-0.1, -0.05) is 37.1 Å². The minimum atomic E-state index is -0.0850. The number of hydrogen-bond donors (Lipinski definition) is 2. The molecule has 1 saturated carbocycles. The van der Waals surface area contributed by atoms with E-state index in [1.54, 1.807) is 0 Å². The van der Waals surface area contributed by atoms with E-state index in [2.05, 4.69) is 24.4 Å². The van der Waals surface area contributed by atoms with Crippen molar-refractivity contribution in [2.45, 2.75) is 63.6 Å². The summed E-state index contributed by atoms with van der Waals surface area (Å²) in [6.45, 7) is 2.22. The monoisotopic (exact) mass is 281 g/mol. The Kier molecular flexibility index (Phi) is 5.68. The molecule has 2 rings (SSSR count). The molecule has 1 aromatic rings. The molecule has 1 fully saturated rings. The Morgan fingerprint density at radius 1 is 1.21 bits per heavy atom. The third-order valence-electron chi connectivity index (χ3n) is 3.98. The zero-order valence-corrected chi connectivity index (χ0v) is 12.4. The Morgan fingerprint density at radius 3 is 2.42 bits per heavy atom. The maximum absolute atomic E-state index is 9.57. The van der Waals surface area contributed by atoms with Crippen LogP contribution in [0.5, 0.6) is 0 Å². The van der Waals surface area contributed by atoms with Crippen LogP contribution in [-0.4, -0.2) is 17.3 Å². The van der Waals surface area contributed by atoms with E-state index in [0.29, 0.717) is 12.1 Å². The number of halogens is 1. The topological polar surface area (TPSA) is 32.3 Å². The van der Waals surface area contributed by atoms with Crippen molar-refractivity contribution >= 4 is 11.6 Å². The summed E-state index contributed by atoms with van der Waals surface area (Å²) in [5.74, 6) is 0. The third kappa shape index (κ3) is 4.48. The van der Waals surface area contributed by atoms with Gasteiger partial charge in [0.1, 0.15) is 0 Å². The summed E-state index contributed by atoms with van der Waals surface area (Å²) in [5.41, 5.74) is 1.32. The highest BCUT2D eigenvalue weighted by molar-refractivity contribution is 6.30. The molecule has 0 amide bonds. The van der Waals surface area contributed by atoms with Gasteiger partial charge in [0.15, 0.2) is 0 Å². The van der Waals surface area contributed by atoms with E-state index in [4.69, 9.17) is 11.6 Å². The van der Waals surface area contributed by atoms with Gasteiger partial charge in [-0.15, -0.1) is 0 Å². The molecular weight excluding hydrogens is 258 g/mol. The summed E-state index contributed by atoms with van der Waals surface area (Å²) in [6, 6.07) is 9.11. The molecule has 0 heterocycles. The van der Waals surface area contributed by atoms with E-state index < -0.39 is 0 Å². The van der Waals surface area contributed by atoms with E-state index in [0.717, 1.165) is 43.5 Å². The Hall–Kier alpha value is -0.570. The van der Waals surface area contributed by atoms with Crippen molar-refractivity contribution in [1.82, 2.24) is 5.32 Å². The second-order valence-electron chi connectivity index (χ2n) is 5.56. The van der Waals surface area contributed by atoms with Crippen LogP contribution in [0.3, 0.4) is 0 Å². The standard InChI is InChI=1S/C16H24ClNO/c1-2-3-16(12-4-6-13(17)7-5-12)18-14-8-10-15(19)11-9-14/h4-7,14-16,18-19H,2-3,8-11H2,1H3. The van der Waals surface area contributed by atoms with Crippen LogP contribution in [0.1, 0.15) is 57.1 Å². The van der Waals surface area contributed by atoms with Crippen molar-refractivity contribution in [3.63, 3.8) is 0 Å². The van der Waals surface area contributed by atoms with Crippen LogP contribution in [0.4, 0.5) is 0 Å². The lowest BCUT2D eigenvalue weighted by Gasteiger charge is -2.30. The minimum absolute atomic E-state index is 0.0850. The van der Waals surface area contributed by atoms with Crippen LogP contribution in [-0.2, 0) is 0 Å². The highest BCUT2D eigenvalue weighted by atomic mass is 35.5. The van der Waals surface area contributed by atoms with Crippen molar-refractivity contribution < 1.29 is 5.11 Å². The van der Waals surface area contributed by atoms with E-state index in [9.17, 15) is 5.11 Å². The summed E-state index contributed by atoms with van der Waals surface area (Å²) >= 11 is 5.95. The van der Waals surface area contributed by atoms with Crippen LogP contribution in [0.15, 0.2) is 24.3 Å². The Labute approximate surface area is 121 Å². The molecule has 19 heavy (non-hydrogen) atoms. The number of aliphatic hydroxyl groups is 1. The van der Waals surface area contributed by atoms with Crippen LogP contribution in [0.2, 0.25) is 5.02 Å². The first-order valence-electron chi connectivity index (χ1n) is 7.38. The zero-order valence-electron chi connectivity index (χ0n) is 11.6. The number of aliphatic hydroxyl groups excluding tert-OH is 1. The SMILES string of the molecule is CCCC(NC1CCC(O)CC1)c1ccc(Cl)cc1. The summed E-state index contributed by atoms with van der Waals surface area (Å²) in [4.78, 5) is 0. The predicted molar refractivity (Wildman–Crippen MR) is 80.5 cm³/mol. The summed E-state index contributed by atoms with van der Waals surface area (Å²) < 4.78 is 0. The van der Waals surface area contributed by atoms with Gasteiger partial charge in [0.05, 0.1) is 6.10 Å². The molecule has 0 bridgehead atoms. The van der Waals surface area contributed by atoms with Gasteiger partial charge in [-0.2, -0.15) is 0 Å². The molecule has 0 spiro atoms. The lowest BCUT2D eigenvalue weighted by Crippen LogP contribution is -2.37. The first-order chi connectivity index (χ1) is 9.19. The quantitative estimate of drug-likeness (QED) is 0.852.